The number of amides is 2. The van der Waals surface area contributed by atoms with Gasteiger partial charge in [-0.2, -0.15) is 0 Å². The molecule has 172 valence electrons. The van der Waals surface area contributed by atoms with Crippen molar-refractivity contribution in [3.05, 3.63) is 48.0 Å². The van der Waals surface area contributed by atoms with E-state index in [0.717, 1.165) is 6.42 Å². The molecular formula is C24H23BrN2O6. The number of rotatable bonds is 6. The molecule has 2 bridgehead atoms. The Morgan fingerprint density at radius 2 is 1.88 bits per heavy atom. The molecule has 2 saturated carbocycles. The zero-order valence-electron chi connectivity index (χ0n) is 18.0. The minimum atomic E-state index is -0.441. The molecule has 2 aromatic carbocycles. The van der Waals surface area contributed by atoms with Gasteiger partial charge in [-0.1, -0.05) is 22.0 Å². The van der Waals surface area contributed by atoms with Crippen molar-refractivity contribution in [3.8, 4) is 11.5 Å². The quantitative estimate of drug-likeness (QED) is 0.451. The predicted octanol–water partition coefficient (Wildman–Crippen LogP) is 3.47. The second-order valence-corrected chi connectivity index (χ2v) is 9.61. The Kier molecular flexibility index (Phi) is 5.52. The zero-order valence-corrected chi connectivity index (χ0v) is 19.6. The molecule has 2 N–H and O–H groups in total. The number of nitrogens with one attached hydrogen (secondary N) is 2. The van der Waals surface area contributed by atoms with E-state index in [4.69, 9.17) is 14.2 Å². The van der Waals surface area contributed by atoms with Gasteiger partial charge in [-0.05, 0) is 42.7 Å². The van der Waals surface area contributed by atoms with Gasteiger partial charge in [0.05, 0.1) is 36.6 Å². The predicted molar refractivity (Wildman–Crippen MR) is 124 cm³/mol. The number of halogens is 1. The SMILES string of the molecule is COc1ccc(OC)c(NC(=O)c2cccc(NC(=O)[C@@H]3[C@H]4C[C@H]5[C@H](OC(=O)[C@@H]53)[C@H]4Br)c2)c1. The molecule has 3 fully saturated rings. The monoisotopic (exact) mass is 514 g/mol. The smallest absolute Gasteiger partial charge is 0.310 e. The molecule has 8 nitrogen and oxygen atoms in total. The van der Waals surface area contributed by atoms with Crippen LogP contribution in [-0.2, 0) is 14.3 Å². The highest BCUT2D eigenvalue weighted by Crippen LogP contribution is 2.60. The highest BCUT2D eigenvalue weighted by Gasteiger charge is 2.67. The van der Waals surface area contributed by atoms with Crippen LogP contribution in [0.15, 0.2) is 42.5 Å². The first kappa shape index (κ1) is 21.8. The molecule has 1 aliphatic heterocycles. The average molecular weight is 515 g/mol. The lowest BCUT2D eigenvalue weighted by atomic mass is 9.79. The van der Waals surface area contributed by atoms with E-state index in [2.05, 4.69) is 26.6 Å². The number of carbonyl (C=O) groups is 3. The van der Waals surface area contributed by atoms with Crippen LogP contribution in [0.25, 0.3) is 0 Å². The number of fused-ring (bicyclic) bond motifs is 1. The van der Waals surface area contributed by atoms with E-state index in [1.54, 1.807) is 49.6 Å². The summed E-state index contributed by atoms with van der Waals surface area (Å²) in [6.07, 6.45) is 0.678. The topological polar surface area (TPSA) is 103 Å². The Morgan fingerprint density at radius 3 is 2.64 bits per heavy atom. The van der Waals surface area contributed by atoms with Crippen molar-refractivity contribution >= 4 is 45.1 Å². The van der Waals surface area contributed by atoms with Crippen molar-refractivity contribution in [2.75, 3.05) is 24.9 Å². The maximum atomic E-state index is 13.1. The average Bonchev–Trinajstić information content (AvgIpc) is 3.43. The van der Waals surface area contributed by atoms with E-state index in [-0.39, 0.29) is 46.5 Å². The first-order valence-corrected chi connectivity index (χ1v) is 11.6. The van der Waals surface area contributed by atoms with Crippen LogP contribution < -0.4 is 20.1 Å². The fourth-order valence-corrected chi connectivity index (χ4v) is 6.45. The molecule has 2 aromatic rings. The van der Waals surface area contributed by atoms with Gasteiger partial charge in [0.25, 0.3) is 5.91 Å². The molecule has 6 atom stereocenters. The van der Waals surface area contributed by atoms with E-state index in [0.29, 0.717) is 28.4 Å². The van der Waals surface area contributed by atoms with Gasteiger partial charge in [0.2, 0.25) is 5.91 Å². The Balaban J connectivity index is 1.31. The lowest BCUT2D eigenvalue weighted by Gasteiger charge is -2.27. The number of ether oxygens (including phenoxy) is 3. The summed E-state index contributed by atoms with van der Waals surface area (Å²) < 4.78 is 16.0. The normalized spacial score (nSPS) is 28.9. The van der Waals surface area contributed by atoms with Crippen molar-refractivity contribution in [1.29, 1.82) is 0 Å². The molecule has 1 heterocycles. The van der Waals surface area contributed by atoms with Crippen LogP contribution >= 0.6 is 15.9 Å². The Labute approximate surface area is 199 Å². The number of carbonyl (C=O) groups excluding carboxylic acids is 3. The molecule has 33 heavy (non-hydrogen) atoms. The number of alkyl halides is 1. The third-order valence-corrected chi connectivity index (χ3v) is 8.07. The fraction of sp³-hybridized carbons (Fsp3) is 0.375. The van der Waals surface area contributed by atoms with E-state index in [1.165, 1.54) is 7.11 Å². The number of benzene rings is 2. The Bertz CT molecular complexity index is 1140. The summed E-state index contributed by atoms with van der Waals surface area (Å²) in [4.78, 5) is 38.3. The number of methoxy groups -OCH3 is 2. The van der Waals surface area contributed by atoms with Crippen LogP contribution in [0.4, 0.5) is 11.4 Å². The van der Waals surface area contributed by atoms with Crippen LogP contribution in [0.1, 0.15) is 16.8 Å². The molecule has 0 spiro atoms. The third-order valence-electron chi connectivity index (χ3n) is 6.87. The molecule has 5 rings (SSSR count). The molecule has 1 saturated heterocycles. The molecule has 0 aromatic heterocycles. The van der Waals surface area contributed by atoms with Crippen LogP contribution in [0.2, 0.25) is 0 Å². The van der Waals surface area contributed by atoms with Gasteiger partial charge in [-0.15, -0.1) is 0 Å². The minimum Gasteiger partial charge on any atom is -0.497 e. The fourth-order valence-electron chi connectivity index (χ4n) is 5.40. The van der Waals surface area contributed by atoms with Crippen molar-refractivity contribution in [2.24, 2.45) is 23.7 Å². The van der Waals surface area contributed by atoms with Crippen molar-refractivity contribution < 1.29 is 28.6 Å². The van der Waals surface area contributed by atoms with Gasteiger partial charge in [0.1, 0.15) is 17.6 Å². The van der Waals surface area contributed by atoms with Crippen LogP contribution in [-0.4, -0.2) is 42.9 Å². The summed E-state index contributed by atoms with van der Waals surface area (Å²) in [6.45, 7) is 0. The lowest BCUT2D eigenvalue weighted by molar-refractivity contribution is -0.145. The Hall–Kier alpha value is -3.07. The van der Waals surface area contributed by atoms with Gasteiger partial charge < -0.3 is 24.8 Å². The summed E-state index contributed by atoms with van der Waals surface area (Å²) in [5, 5.41) is 5.72. The van der Waals surface area contributed by atoms with E-state index < -0.39 is 5.92 Å². The molecule has 0 unspecified atom stereocenters. The summed E-state index contributed by atoms with van der Waals surface area (Å²) in [7, 11) is 3.06. The number of hydrogen-bond donors (Lipinski definition) is 2. The van der Waals surface area contributed by atoms with Crippen LogP contribution in [0.5, 0.6) is 11.5 Å². The largest absolute Gasteiger partial charge is 0.497 e. The molecule has 2 aliphatic carbocycles. The molecule has 3 aliphatic rings. The van der Waals surface area contributed by atoms with Crippen molar-refractivity contribution in [2.45, 2.75) is 17.4 Å². The minimum absolute atomic E-state index is 0.00379. The standard InChI is InChI=1S/C24H23BrN2O6/c1-31-13-6-7-17(32-2)16(9-13)27-22(28)11-4-3-5-12(8-11)26-23(29)18-14-10-15-19(18)24(30)33-21(15)20(14)25/h3-9,14-15,18-21H,10H2,1-2H3,(H,26,29)(H,27,28)/t14-,15-,18-,19+,20+,21+/m1/s1. The van der Waals surface area contributed by atoms with Crippen molar-refractivity contribution in [1.82, 2.24) is 0 Å². The zero-order chi connectivity index (χ0) is 23.3. The van der Waals surface area contributed by atoms with Gasteiger partial charge in [0.15, 0.2) is 0 Å². The molecule has 2 amide bonds. The maximum Gasteiger partial charge on any atom is 0.310 e. The number of anilines is 2. The number of esters is 1. The van der Waals surface area contributed by atoms with Gasteiger partial charge in [-0.25, -0.2) is 0 Å². The summed E-state index contributed by atoms with van der Waals surface area (Å²) in [5.41, 5.74) is 1.32. The Morgan fingerprint density at radius 1 is 1.06 bits per heavy atom. The van der Waals surface area contributed by atoms with E-state index in [9.17, 15) is 14.4 Å². The van der Waals surface area contributed by atoms with Crippen LogP contribution in [0.3, 0.4) is 0 Å². The van der Waals surface area contributed by atoms with E-state index in [1.807, 2.05) is 0 Å². The van der Waals surface area contributed by atoms with Gasteiger partial charge >= 0.3 is 5.97 Å². The number of hydrogen-bond acceptors (Lipinski definition) is 6. The second kappa shape index (κ2) is 8.37. The molecule has 9 heteroatoms. The third kappa shape index (κ3) is 3.64. The van der Waals surface area contributed by atoms with E-state index >= 15 is 0 Å². The van der Waals surface area contributed by atoms with Crippen LogP contribution in [0, 0.1) is 23.7 Å². The molecular weight excluding hydrogens is 492 g/mol. The first-order chi connectivity index (χ1) is 15.9. The first-order valence-electron chi connectivity index (χ1n) is 10.7. The van der Waals surface area contributed by atoms with Gasteiger partial charge in [-0.3, -0.25) is 14.4 Å². The lowest BCUT2D eigenvalue weighted by Crippen LogP contribution is -2.40. The molecule has 0 radical (unpaired) electrons. The highest BCUT2D eigenvalue weighted by atomic mass is 79.9. The van der Waals surface area contributed by atoms with Crippen molar-refractivity contribution in [3.63, 3.8) is 0 Å². The van der Waals surface area contributed by atoms with Gasteiger partial charge in [0, 0.05) is 23.2 Å². The summed E-state index contributed by atoms with van der Waals surface area (Å²) >= 11 is 3.63. The maximum absolute atomic E-state index is 13.1. The summed E-state index contributed by atoms with van der Waals surface area (Å²) in [6, 6.07) is 11.8. The summed E-state index contributed by atoms with van der Waals surface area (Å²) in [5.74, 6) is -0.464. The second-order valence-electron chi connectivity index (χ2n) is 8.55. The highest BCUT2D eigenvalue weighted by molar-refractivity contribution is 9.09.